The molecule has 6 nitrogen and oxygen atoms in total. The highest BCUT2D eigenvalue weighted by molar-refractivity contribution is 5.92. The van der Waals surface area contributed by atoms with E-state index in [0.29, 0.717) is 32.7 Å². The van der Waals surface area contributed by atoms with Gasteiger partial charge in [-0.05, 0) is 36.3 Å². The Hall–Kier alpha value is -2.50. The first-order valence-electron chi connectivity index (χ1n) is 8.43. The fraction of sp³-hybridized carbons (Fsp3) is 0.444. The van der Waals surface area contributed by atoms with Gasteiger partial charge >= 0.3 is 6.03 Å². The number of carbonyl (C=O) groups is 2. The molecule has 6 heteroatoms. The Morgan fingerprint density at radius 3 is 2.71 bits per heavy atom. The van der Waals surface area contributed by atoms with Gasteiger partial charge in [0.15, 0.2) is 0 Å². The summed E-state index contributed by atoms with van der Waals surface area (Å²) in [5, 5.41) is 2.79. The molecule has 0 atom stereocenters. The van der Waals surface area contributed by atoms with Crippen molar-refractivity contribution in [3.05, 3.63) is 35.4 Å². The van der Waals surface area contributed by atoms with Gasteiger partial charge in [0.05, 0.1) is 6.61 Å². The molecule has 0 bridgehead atoms. The number of fused-ring (bicyclic) bond motifs is 1. The van der Waals surface area contributed by atoms with Gasteiger partial charge in [-0.3, -0.25) is 4.79 Å². The predicted molar refractivity (Wildman–Crippen MR) is 91.9 cm³/mol. The second kappa shape index (κ2) is 7.38. The van der Waals surface area contributed by atoms with Crippen LogP contribution < -0.4 is 10.1 Å². The highest BCUT2D eigenvalue weighted by Crippen LogP contribution is 2.26. The van der Waals surface area contributed by atoms with Crippen LogP contribution in [-0.2, 0) is 11.2 Å². The van der Waals surface area contributed by atoms with Crippen LogP contribution in [0.2, 0.25) is 0 Å². The van der Waals surface area contributed by atoms with Gasteiger partial charge in [0, 0.05) is 45.2 Å². The minimum atomic E-state index is -0.0551. The van der Waals surface area contributed by atoms with Gasteiger partial charge in [-0.25, -0.2) is 4.79 Å². The van der Waals surface area contributed by atoms with E-state index in [9.17, 15) is 9.59 Å². The van der Waals surface area contributed by atoms with Crippen LogP contribution in [0.4, 0.5) is 4.79 Å². The predicted octanol–water partition coefficient (Wildman–Crippen LogP) is 1.51. The monoisotopic (exact) mass is 329 g/mol. The highest BCUT2D eigenvalue weighted by atomic mass is 16.5. The van der Waals surface area contributed by atoms with E-state index >= 15 is 0 Å². The van der Waals surface area contributed by atoms with Gasteiger partial charge in [0.2, 0.25) is 5.91 Å². The molecular formula is C18H23N3O3. The van der Waals surface area contributed by atoms with Crippen LogP contribution in [0.1, 0.15) is 18.1 Å². The number of urea groups is 1. The van der Waals surface area contributed by atoms with Gasteiger partial charge < -0.3 is 19.9 Å². The molecule has 0 aromatic heterocycles. The number of amides is 3. The van der Waals surface area contributed by atoms with Crippen molar-refractivity contribution >= 4 is 18.0 Å². The number of ether oxygens (including phenoxy) is 1. The van der Waals surface area contributed by atoms with Crippen molar-refractivity contribution in [2.24, 2.45) is 0 Å². The summed E-state index contributed by atoms with van der Waals surface area (Å²) in [5.74, 6) is 0.933. The minimum absolute atomic E-state index is 0.0118. The second-order valence-corrected chi connectivity index (χ2v) is 5.95. The number of hydrogen-bond acceptors (Lipinski definition) is 3. The van der Waals surface area contributed by atoms with Gasteiger partial charge in [0.25, 0.3) is 0 Å². The van der Waals surface area contributed by atoms with Crippen LogP contribution in [-0.4, -0.2) is 61.1 Å². The van der Waals surface area contributed by atoms with Crippen molar-refractivity contribution < 1.29 is 14.3 Å². The quantitative estimate of drug-likeness (QED) is 0.855. The molecule has 0 spiro atoms. The maximum absolute atomic E-state index is 12.3. The molecule has 0 saturated carbocycles. The molecule has 2 aliphatic rings. The Kier molecular flexibility index (Phi) is 5.03. The molecule has 3 rings (SSSR count). The zero-order valence-corrected chi connectivity index (χ0v) is 14.0. The van der Waals surface area contributed by atoms with E-state index in [2.05, 4.69) is 11.4 Å². The summed E-state index contributed by atoms with van der Waals surface area (Å²) in [6.45, 7) is 5.53. The molecule has 2 aliphatic heterocycles. The lowest BCUT2D eigenvalue weighted by Crippen LogP contribution is -2.52. The summed E-state index contributed by atoms with van der Waals surface area (Å²) in [6, 6.07) is 5.93. The van der Waals surface area contributed by atoms with Gasteiger partial charge in [-0.1, -0.05) is 6.07 Å². The maximum atomic E-state index is 12.3. The third-order valence-electron chi connectivity index (χ3n) is 4.34. The molecule has 1 fully saturated rings. The van der Waals surface area contributed by atoms with Crippen LogP contribution in [0.5, 0.6) is 5.75 Å². The zero-order chi connectivity index (χ0) is 16.9. The van der Waals surface area contributed by atoms with E-state index in [1.54, 1.807) is 15.9 Å². The lowest BCUT2D eigenvalue weighted by Gasteiger charge is -2.34. The Morgan fingerprint density at radius 2 is 1.96 bits per heavy atom. The Balaban J connectivity index is 1.53. The third-order valence-corrected chi connectivity index (χ3v) is 4.34. The van der Waals surface area contributed by atoms with Crippen molar-refractivity contribution in [3.8, 4) is 5.75 Å². The van der Waals surface area contributed by atoms with E-state index in [-0.39, 0.29) is 11.9 Å². The maximum Gasteiger partial charge on any atom is 0.317 e. The molecule has 24 heavy (non-hydrogen) atoms. The van der Waals surface area contributed by atoms with E-state index in [1.807, 2.05) is 25.1 Å². The number of hydrogen-bond donors (Lipinski definition) is 1. The zero-order valence-electron chi connectivity index (χ0n) is 14.0. The van der Waals surface area contributed by atoms with Crippen molar-refractivity contribution in [1.82, 2.24) is 15.1 Å². The smallest absolute Gasteiger partial charge is 0.317 e. The lowest BCUT2D eigenvalue weighted by atomic mass is 10.1. The second-order valence-electron chi connectivity index (χ2n) is 5.95. The number of carbonyl (C=O) groups excluding carboxylic acids is 2. The molecule has 2 heterocycles. The van der Waals surface area contributed by atoms with Crippen LogP contribution in [0.15, 0.2) is 24.3 Å². The molecule has 1 aromatic rings. The first kappa shape index (κ1) is 16.4. The molecule has 0 unspecified atom stereocenters. The van der Waals surface area contributed by atoms with Gasteiger partial charge in [-0.2, -0.15) is 0 Å². The summed E-state index contributed by atoms with van der Waals surface area (Å²) < 4.78 is 5.48. The highest BCUT2D eigenvalue weighted by Gasteiger charge is 2.22. The molecule has 0 radical (unpaired) electrons. The molecular weight excluding hydrogens is 306 g/mol. The minimum Gasteiger partial charge on any atom is -0.493 e. The van der Waals surface area contributed by atoms with Crippen molar-refractivity contribution in [2.45, 2.75) is 13.3 Å². The fourth-order valence-electron chi connectivity index (χ4n) is 2.98. The molecule has 128 valence electrons. The van der Waals surface area contributed by atoms with Crippen LogP contribution >= 0.6 is 0 Å². The van der Waals surface area contributed by atoms with Gasteiger partial charge in [0.1, 0.15) is 5.75 Å². The SMILES string of the molecule is CCNC(=O)N1CCN(C(=O)/C=C/c2ccc3c(c2)CCO3)CC1. The fourth-order valence-corrected chi connectivity index (χ4v) is 2.98. The average Bonchev–Trinajstić information content (AvgIpc) is 3.07. The summed E-state index contributed by atoms with van der Waals surface area (Å²) in [7, 11) is 0. The molecule has 1 N–H and O–H groups in total. The normalized spacial score (nSPS) is 16.9. The number of nitrogens with one attached hydrogen (secondary N) is 1. The summed E-state index contributed by atoms with van der Waals surface area (Å²) >= 11 is 0. The van der Waals surface area contributed by atoms with Crippen molar-refractivity contribution in [3.63, 3.8) is 0 Å². The molecule has 3 amide bonds. The molecule has 1 aromatic carbocycles. The van der Waals surface area contributed by atoms with Gasteiger partial charge in [-0.15, -0.1) is 0 Å². The first-order valence-corrected chi connectivity index (χ1v) is 8.43. The Labute approximate surface area is 142 Å². The topological polar surface area (TPSA) is 61.9 Å². The summed E-state index contributed by atoms with van der Waals surface area (Å²) in [4.78, 5) is 27.6. The number of piperazine rings is 1. The molecule has 1 saturated heterocycles. The first-order chi connectivity index (χ1) is 11.7. The standard InChI is InChI=1S/C18H23N3O3/c1-2-19-18(23)21-10-8-20(9-11-21)17(22)6-4-14-3-5-16-15(13-14)7-12-24-16/h3-6,13H,2,7-12H2,1H3,(H,19,23)/b6-4+. The number of rotatable bonds is 3. The van der Waals surface area contributed by atoms with Crippen LogP contribution in [0.25, 0.3) is 6.08 Å². The van der Waals surface area contributed by atoms with E-state index in [1.165, 1.54) is 5.56 Å². The van der Waals surface area contributed by atoms with Crippen molar-refractivity contribution in [1.29, 1.82) is 0 Å². The number of nitrogens with zero attached hydrogens (tertiary/aromatic N) is 2. The Morgan fingerprint density at radius 1 is 1.21 bits per heavy atom. The van der Waals surface area contributed by atoms with E-state index in [4.69, 9.17) is 4.74 Å². The van der Waals surface area contributed by atoms with Crippen molar-refractivity contribution in [2.75, 3.05) is 39.3 Å². The third kappa shape index (κ3) is 3.69. The van der Waals surface area contributed by atoms with Crippen LogP contribution in [0.3, 0.4) is 0 Å². The number of benzene rings is 1. The summed E-state index contributed by atoms with van der Waals surface area (Å²) in [5.41, 5.74) is 2.20. The average molecular weight is 329 g/mol. The van der Waals surface area contributed by atoms with E-state index in [0.717, 1.165) is 24.3 Å². The Bertz CT molecular complexity index is 649. The van der Waals surface area contributed by atoms with Crippen LogP contribution in [0, 0.1) is 0 Å². The lowest BCUT2D eigenvalue weighted by molar-refractivity contribution is -0.127. The summed E-state index contributed by atoms with van der Waals surface area (Å²) in [6.07, 6.45) is 4.38. The largest absolute Gasteiger partial charge is 0.493 e. The van der Waals surface area contributed by atoms with E-state index < -0.39 is 0 Å². The molecule has 0 aliphatic carbocycles.